The molecule has 0 aliphatic carbocycles. The molecule has 0 bridgehead atoms. The van der Waals surface area contributed by atoms with Crippen LogP contribution in [0.4, 0.5) is 0 Å². The highest BCUT2D eigenvalue weighted by molar-refractivity contribution is 5.81. The summed E-state index contributed by atoms with van der Waals surface area (Å²) < 4.78 is 5.52. The maximum atomic E-state index is 5.52. The van der Waals surface area contributed by atoms with Gasteiger partial charge in [-0.05, 0) is 12.1 Å². The van der Waals surface area contributed by atoms with Gasteiger partial charge in [0.1, 0.15) is 18.2 Å². The van der Waals surface area contributed by atoms with Crippen LogP contribution in [0.3, 0.4) is 0 Å². The zero-order valence-corrected chi connectivity index (χ0v) is 9.86. The van der Waals surface area contributed by atoms with Crippen molar-refractivity contribution in [3.63, 3.8) is 0 Å². The van der Waals surface area contributed by atoms with Crippen molar-refractivity contribution in [2.45, 2.75) is 13.3 Å². The average molecular weight is 221 g/mol. The topological polar surface area (TPSA) is 45.6 Å². The van der Waals surface area contributed by atoms with Crippen LogP contribution in [0.5, 0.6) is 5.75 Å². The smallest absolute Gasteiger partial charge is 0.119 e. The molecule has 1 rings (SSSR count). The maximum Gasteiger partial charge on any atom is 0.119 e. The number of hydrogen-bond donors (Lipinski definition) is 2. The Hall–Kier alpha value is -1.55. The Bertz CT molecular complexity index is 311. The van der Waals surface area contributed by atoms with Crippen LogP contribution in [0.1, 0.15) is 13.3 Å². The summed E-state index contributed by atoms with van der Waals surface area (Å²) in [4.78, 5) is 4.37. The average Bonchev–Trinajstić information content (AvgIpc) is 2.34. The summed E-state index contributed by atoms with van der Waals surface area (Å²) in [5.41, 5.74) is 5.83. The molecule has 0 radical (unpaired) electrons. The van der Waals surface area contributed by atoms with Gasteiger partial charge in [-0.25, -0.2) is 5.43 Å². The lowest BCUT2D eigenvalue weighted by atomic mass is 10.3. The molecular formula is C12H19N3O. The van der Waals surface area contributed by atoms with Crippen LogP contribution in [-0.4, -0.2) is 26.0 Å². The highest BCUT2D eigenvalue weighted by Crippen LogP contribution is 2.07. The van der Waals surface area contributed by atoms with Crippen molar-refractivity contribution >= 4 is 5.84 Å². The van der Waals surface area contributed by atoms with Gasteiger partial charge in [0, 0.05) is 13.5 Å². The van der Waals surface area contributed by atoms with Crippen LogP contribution in [-0.2, 0) is 0 Å². The van der Waals surface area contributed by atoms with Gasteiger partial charge in [-0.2, -0.15) is 0 Å². The number of amidine groups is 1. The summed E-state index contributed by atoms with van der Waals surface area (Å²) in [6, 6.07) is 9.76. The van der Waals surface area contributed by atoms with Gasteiger partial charge in [0.25, 0.3) is 0 Å². The highest BCUT2D eigenvalue weighted by atomic mass is 16.5. The van der Waals surface area contributed by atoms with Crippen LogP contribution in [0.2, 0.25) is 0 Å². The number of hydrogen-bond acceptors (Lipinski definition) is 3. The van der Waals surface area contributed by atoms with Crippen LogP contribution >= 0.6 is 0 Å². The predicted octanol–water partition coefficient (Wildman–Crippen LogP) is 1.60. The molecule has 16 heavy (non-hydrogen) atoms. The van der Waals surface area contributed by atoms with Crippen LogP contribution in [0.25, 0.3) is 0 Å². The van der Waals surface area contributed by atoms with Crippen LogP contribution in [0.15, 0.2) is 35.3 Å². The molecule has 0 unspecified atom stereocenters. The molecule has 4 nitrogen and oxygen atoms in total. The van der Waals surface area contributed by atoms with Crippen molar-refractivity contribution in [2.24, 2.45) is 4.99 Å². The number of benzene rings is 1. The molecule has 0 saturated heterocycles. The highest BCUT2D eigenvalue weighted by Gasteiger charge is 1.93. The Morgan fingerprint density at radius 1 is 1.31 bits per heavy atom. The first-order valence-electron chi connectivity index (χ1n) is 5.50. The van der Waals surface area contributed by atoms with E-state index in [-0.39, 0.29) is 0 Å². The summed E-state index contributed by atoms with van der Waals surface area (Å²) in [6.45, 7) is 3.31. The molecule has 0 amide bonds. The van der Waals surface area contributed by atoms with Gasteiger partial charge in [-0.1, -0.05) is 25.1 Å². The Morgan fingerprint density at radius 3 is 2.69 bits per heavy atom. The van der Waals surface area contributed by atoms with Crippen molar-refractivity contribution in [3.05, 3.63) is 30.3 Å². The first-order valence-corrected chi connectivity index (χ1v) is 5.50. The molecule has 0 heterocycles. The fourth-order valence-corrected chi connectivity index (χ4v) is 1.24. The molecule has 1 aromatic carbocycles. The normalized spacial score (nSPS) is 11.2. The Kier molecular flexibility index (Phi) is 6.03. The minimum Gasteiger partial charge on any atom is -0.492 e. The van der Waals surface area contributed by atoms with Crippen molar-refractivity contribution in [2.75, 3.05) is 20.2 Å². The number of hydrazine groups is 1. The molecule has 88 valence electrons. The number of nitrogens with one attached hydrogen (secondary N) is 2. The number of nitrogens with zero attached hydrogens (tertiary/aromatic N) is 1. The van der Waals surface area contributed by atoms with E-state index < -0.39 is 0 Å². The zero-order valence-electron chi connectivity index (χ0n) is 9.86. The quantitative estimate of drug-likeness (QED) is 0.332. The number of aliphatic imine (C=N–C) groups is 1. The minimum atomic E-state index is 0.596. The molecule has 0 spiro atoms. The first kappa shape index (κ1) is 12.5. The van der Waals surface area contributed by atoms with Crippen LogP contribution in [0, 0.1) is 0 Å². The summed E-state index contributed by atoms with van der Waals surface area (Å²) in [5.74, 6) is 1.83. The van der Waals surface area contributed by atoms with E-state index in [1.165, 1.54) is 0 Å². The third-order valence-electron chi connectivity index (χ3n) is 2.01. The molecule has 4 heteroatoms. The Labute approximate surface area is 96.7 Å². The van der Waals surface area contributed by atoms with E-state index in [9.17, 15) is 0 Å². The third-order valence-corrected chi connectivity index (χ3v) is 2.01. The maximum absolute atomic E-state index is 5.52. The Morgan fingerprint density at radius 2 is 2.06 bits per heavy atom. The van der Waals surface area contributed by atoms with Crippen molar-refractivity contribution in [1.82, 2.24) is 10.9 Å². The van der Waals surface area contributed by atoms with E-state index in [2.05, 4.69) is 22.8 Å². The second-order valence-corrected chi connectivity index (χ2v) is 3.22. The number of ether oxygens (including phenoxy) is 1. The van der Waals surface area contributed by atoms with Crippen molar-refractivity contribution in [3.8, 4) is 5.75 Å². The number of para-hydroxylation sites is 1. The lowest BCUT2D eigenvalue weighted by Gasteiger charge is -2.07. The van der Waals surface area contributed by atoms with E-state index in [0.717, 1.165) is 18.0 Å². The van der Waals surface area contributed by atoms with Crippen molar-refractivity contribution in [1.29, 1.82) is 0 Å². The monoisotopic (exact) mass is 221 g/mol. The van der Waals surface area contributed by atoms with Gasteiger partial charge in [0.05, 0.1) is 6.54 Å². The van der Waals surface area contributed by atoms with E-state index in [1.54, 1.807) is 0 Å². The van der Waals surface area contributed by atoms with Gasteiger partial charge < -0.3 is 10.2 Å². The number of rotatable bonds is 6. The van der Waals surface area contributed by atoms with Gasteiger partial charge in [0.15, 0.2) is 0 Å². The van der Waals surface area contributed by atoms with Gasteiger partial charge in [0.2, 0.25) is 0 Å². The first-order chi connectivity index (χ1) is 7.86. The largest absolute Gasteiger partial charge is 0.492 e. The van der Waals surface area contributed by atoms with Crippen LogP contribution < -0.4 is 15.6 Å². The molecule has 0 atom stereocenters. The van der Waals surface area contributed by atoms with E-state index in [1.807, 2.05) is 37.4 Å². The molecule has 0 saturated carbocycles. The molecule has 1 aromatic rings. The molecular weight excluding hydrogens is 202 g/mol. The van der Waals surface area contributed by atoms with Gasteiger partial charge in [-0.15, -0.1) is 0 Å². The Balaban J connectivity index is 2.25. The van der Waals surface area contributed by atoms with E-state index in [4.69, 9.17) is 4.74 Å². The standard InChI is InChI=1S/C12H19N3O/c1-3-12(15-13-2)14-9-10-16-11-7-5-4-6-8-11/h4-8,13H,3,9-10H2,1-2H3,(H,14,15). The summed E-state index contributed by atoms with van der Waals surface area (Å²) in [7, 11) is 1.83. The van der Waals surface area contributed by atoms with Gasteiger partial charge >= 0.3 is 0 Å². The lowest BCUT2D eigenvalue weighted by molar-refractivity contribution is 0.328. The molecule has 2 N–H and O–H groups in total. The minimum absolute atomic E-state index is 0.596. The summed E-state index contributed by atoms with van der Waals surface area (Å²) in [6.07, 6.45) is 0.881. The fourth-order valence-electron chi connectivity index (χ4n) is 1.24. The summed E-state index contributed by atoms with van der Waals surface area (Å²) in [5, 5.41) is 0. The molecule has 0 fully saturated rings. The second-order valence-electron chi connectivity index (χ2n) is 3.22. The summed E-state index contributed by atoms with van der Waals surface area (Å²) >= 11 is 0. The third kappa shape index (κ3) is 4.79. The fraction of sp³-hybridized carbons (Fsp3) is 0.417. The van der Waals surface area contributed by atoms with Crippen molar-refractivity contribution < 1.29 is 4.74 Å². The molecule has 0 aliphatic rings. The SMILES string of the molecule is CCC(=NCCOc1ccccc1)NNC. The van der Waals surface area contributed by atoms with Gasteiger partial charge in [-0.3, -0.25) is 4.99 Å². The second kappa shape index (κ2) is 7.70. The predicted molar refractivity (Wildman–Crippen MR) is 66.7 cm³/mol. The molecule has 0 aliphatic heterocycles. The van der Waals surface area contributed by atoms with E-state index in [0.29, 0.717) is 13.2 Å². The van der Waals surface area contributed by atoms with E-state index >= 15 is 0 Å². The lowest BCUT2D eigenvalue weighted by Crippen LogP contribution is -2.34. The molecule has 0 aromatic heterocycles. The zero-order chi connectivity index (χ0) is 11.6.